The maximum absolute atomic E-state index is 10.7. The second-order valence-electron chi connectivity index (χ2n) is 2.01. The SMILES string of the molecule is CCNC(=O)CC(S)C(=O)O. The van der Waals surface area contributed by atoms with Gasteiger partial charge in [-0.2, -0.15) is 12.6 Å². The third kappa shape index (κ3) is 4.66. The molecule has 5 heteroatoms. The van der Waals surface area contributed by atoms with Crippen molar-refractivity contribution in [3.8, 4) is 0 Å². The van der Waals surface area contributed by atoms with Gasteiger partial charge in [-0.15, -0.1) is 0 Å². The van der Waals surface area contributed by atoms with E-state index in [1.54, 1.807) is 6.92 Å². The molecule has 0 saturated heterocycles. The lowest BCUT2D eigenvalue weighted by Crippen LogP contribution is -2.28. The van der Waals surface area contributed by atoms with E-state index >= 15 is 0 Å². The Hall–Kier alpha value is -0.710. The molecule has 0 rings (SSSR count). The molecule has 0 aromatic rings. The fraction of sp³-hybridized carbons (Fsp3) is 0.667. The highest BCUT2D eigenvalue weighted by molar-refractivity contribution is 7.81. The maximum Gasteiger partial charge on any atom is 0.316 e. The van der Waals surface area contributed by atoms with Crippen LogP contribution in [0.2, 0.25) is 0 Å². The van der Waals surface area contributed by atoms with E-state index in [9.17, 15) is 9.59 Å². The monoisotopic (exact) mass is 177 g/mol. The molecule has 0 aliphatic carbocycles. The molecule has 0 aliphatic rings. The molecule has 1 amide bonds. The number of rotatable bonds is 4. The van der Waals surface area contributed by atoms with Crippen LogP contribution in [0.3, 0.4) is 0 Å². The quantitative estimate of drug-likeness (QED) is 0.525. The highest BCUT2D eigenvalue weighted by Gasteiger charge is 2.15. The summed E-state index contributed by atoms with van der Waals surface area (Å²) in [5.41, 5.74) is 0. The Balaban J connectivity index is 3.66. The van der Waals surface area contributed by atoms with Gasteiger partial charge in [0, 0.05) is 13.0 Å². The van der Waals surface area contributed by atoms with Gasteiger partial charge in [0.15, 0.2) is 0 Å². The van der Waals surface area contributed by atoms with Crippen molar-refractivity contribution in [2.75, 3.05) is 6.54 Å². The van der Waals surface area contributed by atoms with Crippen LogP contribution < -0.4 is 5.32 Å². The predicted molar refractivity (Wildman–Crippen MR) is 43.7 cm³/mol. The Morgan fingerprint density at radius 3 is 2.55 bits per heavy atom. The van der Waals surface area contributed by atoms with E-state index in [4.69, 9.17) is 5.11 Å². The van der Waals surface area contributed by atoms with E-state index in [1.807, 2.05) is 0 Å². The third-order valence-electron chi connectivity index (χ3n) is 1.04. The minimum absolute atomic E-state index is 0.0771. The lowest BCUT2D eigenvalue weighted by Gasteiger charge is -2.04. The van der Waals surface area contributed by atoms with Gasteiger partial charge in [-0.3, -0.25) is 9.59 Å². The van der Waals surface area contributed by atoms with Gasteiger partial charge in [-0.25, -0.2) is 0 Å². The largest absolute Gasteiger partial charge is 0.480 e. The van der Waals surface area contributed by atoms with Crippen molar-refractivity contribution in [3.63, 3.8) is 0 Å². The molecule has 0 heterocycles. The molecular formula is C6H11NO3S. The normalized spacial score (nSPS) is 12.2. The van der Waals surface area contributed by atoms with Crippen molar-refractivity contribution in [3.05, 3.63) is 0 Å². The lowest BCUT2D eigenvalue weighted by molar-refractivity contribution is -0.138. The first-order valence-corrected chi connectivity index (χ1v) is 3.77. The van der Waals surface area contributed by atoms with Crippen LogP contribution in [0.5, 0.6) is 0 Å². The second kappa shape index (κ2) is 5.01. The van der Waals surface area contributed by atoms with Crippen LogP contribution in [0, 0.1) is 0 Å². The summed E-state index contributed by atoms with van der Waals surface area (Å²) in [7, 11) is 0. The van der Waals surface area contributed by atoms with E-state index in [0.29, 0.717) is 6.54 Å². The fourth-order valence-corrected chi connectivity index (χ4v) is 0.698. The highest BCUT2D eigenvalue weighted by Crippen LogP contribution is 2.00. The number of thiol groups is 1. The Morgan fingerprint density at radius 2 is 2.18 bits per heavy atom. The Labute approximate surface area is 70.4 Å². The van der Waals surface area contributed by atoms with E-state index in [2.05, 4.69) is 17.9 Å². The fourth-order valence-electron chi connectivity index (χ4n) is 0.532. The second-order valence-corrected chi connectivity index (χ2v) is 2.64. The van der Waals surface area contributed by atoms with E-state index < -0.39 is 11.2 Å². The molecule has 0 spiro atoms. The minimum Gasteiger partial charge on any atom is -0.480 e. The molecule has 1 unspecified atom stereocenters. The summed E-state index contributed by atoms with van der Waals surface area (Å²) in [6.45, 7) is 2.28. The number of nitrogens with one attached hydrogen (secondary N) is 1. The average molecular weight is 177 g/mol. The first kappa shape index (κ1) is 10.3. The smallest absolute Gasteiger partial charge is 0.316 e. The first-order chi connectivity index (χ1) is 5.07. The molecule has 0 aromatic heterocycles. The van der Waals surface area contributed by atoms with Gasteiger partial charge in [-0.05, 0) is 6.92 Å². The van der Waals surface area contributed by atoms with Crippen LogP contribution in [0.1, 0.15) is 13.3 Å². The summed E-state index contributed by atoms with van der Waals surface area (Å²) in [5.74, 6) is -1.35. The van der Waals surface area contributed by atoms with Crippen molar-refractivity contribution >= 4 is 24.5 Å². The summed E-state index contributed by atoms with van der Waals surface area (Å²) >= 11 is 3.70. The van der Waals surface area contributed by atoms with Gasteiger partial charge in [0.25, 0.3) is 0 Å². The minimum atomic E-state index is -1.07. The molecule has 11 heavy (non-hydrogen) atoms. The van der Waals surface area contributed by atoms with Gasteiger partial charge in [-0.1, -0.05) is 0 Å². The van der Waals surface area contributed by atoms with E-state index in [0.717, 1.165) is 0 Å². The van der Waals surface area contributed by atoms with Gasteiger partial charge in [0.05, 0.1) is 0 Å². The molecule has 4 nitrogen and oxygen atoms in total. The Bertz CT molecular complexity index is 160. The van der Waals surface area contributed by atoms with Crippen molar-refractivity contribution in [1.29, 1.82) is 0 Å². The summed E-state index contributed by atoms with van der Waals surface area (Å²) in [5, 5.41) is 9.92. The van der Waals surface area contributed by atoms with Crippen molar-refractivity contribution in [2.45, 2.75) is 18.6 Å². The van der Waals surface area contributed by atoms with Gasteiger partial charge in [0.2, 0.25) is 5.91 Å². The molecule has 0 bridgehead atoms. The van der Waals surface area contributed by atoms with Crippen LogP contribution in [0.4, 0.5) is 0 Å². The van der Waals surface area contributed by atoms with E-state index in [-0.39, 0.29) is 12.3 Å². The number of carboxylic acids is 1. The summed E-state index contributed by atoms with van der Waals surface area (Å²) in [4.78, 5) is 20.9. The van der Waals surface area contributed by atoms with Crippen LogP contribution >= 0.6 is 12.6 Å². The Morgan fingerprint density at radius 1 is 1.64 bits per heavy atom. The zero-order valence-corrected chi connectivity index (χ0v) is 7.10. The van der Waals surface area contributed by atoms with Crippen LogP contribution in [0.15, 0.2) is 0 Å². The zero-order chi connectivity index (χ0) is 8.85. The van der Waals surface area contributed by atoms with Gasteiger partial charge in [0.1, 0.15) is 5.25 Å². The number of aliphatic carboxylic acids is 1. The lowest BCUT2D eigenvalue weighted by atomic mass is 10.3. The summed E-state index contributed by atoms with van der Waals surface area (Å²) in [6, 6.07) is 0. The predicted octanol–water partition coefficient (Wildman–Crippen LogP) is -0.104. The average Bonchev–Trinajstić information content (AvgIpc) is 1.87. The number of carbonyl (C=O) groups excluding carboxylic acids is 1. The molecule has 0 saturated carbocycles. The summed E-state index contributed by atoms with van der Waals surface area (Å²) < 4.78 is 0. The topological polar surface area (TPSA) is 66.4 Å². The molecular weight excluding hydrogens is 166 g/mol. The summed E-state index contributed by atoms with van der Waals surface area (Å²) in [6.07, 6.45) is -0.0771. The van der Waals surface area contributed by atoms with Crippen LogP contribution in [-0.2, 0) is 9.59 Å². The number of hydrogen-bond donors (Lipinski definition) is 3. The van der Waals surface area contributed by atoms with Crippen molar-refractivity contribution in [1.82, 2.24) is 5.32 Å². The molecule has 0 radical (unpaired) electrons. The van der Waals surface area contributed by atoms with Crippen molar-refractivity contribution in [2.24, 2.45) is 0 Å². The number of amides is 1. The standard InChI is InChI=1S/C6H11NO3S/c1-2-7-5(8)3-4(11)6(9)10/h4,11H,2-3H2,1H3,(H,7,8)(H,9,10). The Kier molecular flexibility index (Phi) is 4.69. The molecule has 64 valence electrons. The number of hydrogen-bond acceptors (Lipinski definition) is 3. The highest BCUT2D eigenvalue weighted by atomic mass is 32.1. The molecule has 0 aromatic carbocycles. The van der Waals surface area contributed by atoms with E-state index in [1.165, 1.54) is 0 Å². The number of carbonyl (C=O) groups is 2. The van der Waals surface area contributed by atoms with Gasteiger partial charge < -0.3 is 10.4 Å². The molecule has 2 N–H and O–H groups in total. The third-order valence-corrected chi connectivity index (χ3v) is 1.44. The number of carboxylic acid groups (broad SMARTS) is 1. The van der Waals surface area contributed by atoms with Crippen LogP contribution in [-0.4, -0.2) is 28.8 Å². The molecule has 0 aliphatic heterocycles. The maximum atomic E-state index is 10.7. The van der Waals surface area contributed by atoms with Crippen LogP contribution in [0.25, 0.3) is 0 Å². The zero-order valence-electron chi connectivity index (χ0n) is 6.20. The molecule has 1 atom stereocenters. The molecule has 0 fully saturated rings. The van der Waals surface area contributed by atoms with Crippen molar-refractivity contribution < 1.29 is 14.7 Å². The van der Waals surface area contributed by atoms with Gasteiger partial charge >= 0.3 is 5.97 Å². The first-order valence-electron chi connectivity index (χ1n) is 3.25.